The number of benzene rings is 2. The third-order valence-electron chi connectivity index (χ3n) is 5.66. The van der Waals surface area contributed by atoms with E-state index in [1.165, 1.54) is 0 Å². The lowest BCUT2D eigenvalue weighted by Crippen LogP contribution is -2.32. The van der Waals surface area contributed by atoms with E-state index in [4.69, 9.17) is 9.47 Å². The Labute approximate surface area is 184 Å². The fourth-order valence-corrected chi connectivity index (χ4v) is 5.52. The largest absolute Gasteiger partial charge is 0.497 e. The second-order valence-electron chi connectivity index (χ2n) is 7.69. The van der Waals surface area contributed by atoms with Crippen molar-refractivity contribution in [2.45, 2.75) is 38.6 Å². The number of nitrogens with one attached hydrogen (secondary N) is 1. The fourth-order valence-electron chi connectivity index (χ4n) is 3.72. The normalized spacial score (nSPS) is 12.6. The highest BCUT2D eigenvalue weighted by Crippen LogP contribution is 2.32. The van der Waals surface area contributed by atoms with Gasteiger partial charge in [-0.3, -0.25) is 0 Å². The van der Waals surface area contributed by atoms with Crippen LogP contribution in [0.2, 0.25) is 0 Å². The molecule has 7 nitrogen and oxygen atoms in total. The van der Waals surface area contributed by atoms with Gasteiger partial charge in [0.15, 0.2) is 0 Å². The number of nitrogens with zero attached hydrogens (tertiary/aromatic N) is 2. The van der Waals surface area contributed by atoms with Crippen molar-refractivity contribution in [2.24, 2.45) is 7.05 Å². The van der Waals surface area contributed by atoms with E-state index < -0.39 is 16.1 Å². The predicted molar refractivity (Wildman–Crippen MR) is 120 cm³/mol. The molecule has 8 heteroatoms. The first kappa shape index (κ1) is 22.8. The summed E-state index contributed by atoms with van der Waals surface area (Å²) >= 11 is 0. The highest BCUT2D eigenvalue weighted by molar-refractivity contribution is 7.89. The van der Waals surface area contributed by atoms with Crippen molar-refractivity contribution in [3.05, 3.63) is 70.3 Å². The molecule has 1 atom stereocenters. The van der Waals surface area contributed by atoms with Gasteiger partial charge >= 0.3 is 0 Å². The minimum Gasteiger partial charge on any atom is -0.497 e. The first-order valence-corrected chi connectivity index (χ1v) is 11.4. The van der Waals surface area contributed by atoms with Crippen LogP contribution in [0.4, 0.5) is 0 Å². The van der Waals surface area contributed by atoms with Gasteiger partial charge in [-0.1, -0.05) is 6.07 Å². The first-order chi connectivity index (χ1) is 14.6. The zero-order chi connectivity index (χ0) is 22.9. The molecule has 0 aliphatic heterocycles. The molecule has 1 N–H and O–H groups in total. The van der Waals surface area contributed by atoms with Gasteiger partial charge in [-0.15, -0.1) is 0 Å². The number of rotatable bonds is 7. The smallest absolute Gasteiger partial charge is 0.242 e. The highest BCUT2D eigenvalue weighted by atomic mass is 32.2. The topological polar surface area (TPSA) is 82.4 Å². The molecule has 1 heterocycles. The average Bonchev–Trinajstić information content (AvgIpc) is 3.15. The van der Waals surface area contributed by atoms with Gasteiger partial charge in [0, 0.05) is 25.5 Å². The molecule has 0 unspecified atom stereocenters. The maximum atomic E-state index is 13.7. The third-order valence-corrected chi connectivity index (χ3v) is 7.36. The van der Waals surface area contributed by atoms with E-state index in [-0.39, 0.29) is 0 Å². The van der Waals surface area contributed by atoms with Gasteiger partial charge in [0.1, 0.15) is 23.4 Å². The number of aromatic nitrogens is 2. The minimum absolute atomic E-state index is 0.305. The summed E-state index contributed by atoms with van der Waals surface area (Å²) in [6.07, 6.45) is 3.42. The van der Waals surface area contributed by atoms with Crippen LogP contribution in [0.3, 0.4) is 0 Å². The molecule has 2 aromatic carbocycles. The summed E-state index contributed by atoms with van der Waals surface area (Å²) in [6.45, 7) is 7.51. The number of hydrogen-bond acceptors (Lipinski definition) is 5. The van der Waals surface area contributed by atoms with Crippen molar-refractivity contribution in [3.8, 4) is 11.5 Å². The van der Waals surface area contributed by atoms with Crippen molar-refractivity contribution in [1.29, 1.82) is 0 Å². The molecule has 0 fully saturated rings. The number of imidazole rings is 1. The number of sulfonamides is 1. The second kappa shape index (κ2) is 8.72. The van der Waals surface area contributed by atoms with Crippen LogP contribution in [0.1, 0.15) is 39.7 Å². The van der Waals surface area contributed by atoms with E-state index in [1.54, 1.807) is 49.4 Å². The van der Waals surface area contributed by atoms with E-state index in [1.807, 2.05) is 40.8 Å². The Morgan fingerprint density at radius 2 is 1.48 bits per heavy atom. The Kier molecular flexibility index (Phi) is 6.43. The van der Waals surface area contributed by atoms with E-state index in [0.717, 1.165) is 22.3 Å². The molecule has 0 spiro atoms. The zero-order valence-corrected chi connectivity index (χ0v) is 19.8. The molecule has 0 aliphatic rings. The quantitative estimate of drug-likeness (QED) is 0.602. The fraction of sp³-hybridized carbons (Fsp3) is 0.348. The van der Waals surface area contributed by atoms with E-state index in [0.29, 0.717) is 27.8 Å². The van der Waals surface area contributed by atoms with Crippen molar-refractivity contribution < 1.29 is 17.9 Å². The van der Waals surface area contributed by atoms with Gasteiger partial charge in [-0.05, 0) is 67.6 Å². The number of methoxy groups -OCH3 is 2. The van der Waals surface area contributed by atoms with E-state index in [9.17, 15) is 8.42 Å². The summed E-state index contributed by atoms with van der Waals surface area (Å²) in [5.41, 5.74) is 3.99. The molecule has 0 bridgehead atoms. The second-order valence-corrected chi connectivity index (χ2v) is 9.34. The zero-order valence-electron chi connectivity index (χ0n) is 19.0. The van der Waals surface area contributed by atoms with Crippen LogP contribution in [-0.4, -0.2) is 32.2 Å². The number of hydrogen-bond donors (Lipinski definition) is 1. The van der Waals surface area contributed by atoms with E-state index in [2.05, 4.69) is 9.71 Å². The predicted octanol–water partition coefficient (Wildman–Crippen LogP) is 3.74. The van der Waals surface area contributed by atoms with Crippen LogP contribution in [0, 0.1) is 27.7 Å². The molecule has 0 saturated carbocycles. The van der Waals surface area contributed by atoms with Crippen molar-refractivity contribution in [3.63, 3.8) is 0 Å². The van der Waals surface area contributed by atoms with Crippen molar-refractivity contribution in [2.75, 3.05) is 14.2 Å². The molecule has 3 aromatic rings. The third kappa shape index (κ3) is 4.45. The summed E-state index contributed by atoms with van der Waals surface area (Å²) in [5, 5.41) is 0. The molecule has 166 valence electrons. The number of aryl methyl sites for hydroxylation is 3. The van der Waals surface area contributed by atoms with Crippen LogP contribution in [0.5, 0.6) is 11.5 Å². The van der Waals surface area contributed by atoms with E-state index >= 15 is 0 Å². The van der Waals surface area contributed by atoms with Crippen molar-refractivity contribution in [1.82, 2.24) is 14.3 Å². The number of ether oxygens (including phenoxy) is 2. The summed E-state index contributed by atoms with van der Waals surface area (Å²) < 4.78 is 42.8. The Balaban J connectivity index is 2.19. The van der Waals surface area contributed by atoms with Gasteiger partial charge in [-0.25, -0.2) is 13.4 Å². The summed E-state index contributed by atoms with van der Waals surface area (Å²) in [6, 6.07) is 6.57. The Morgan fingerprint density at radius 1 is 0.935 bits per heavy atom. The summed E-state index contributed by atoms with van der Waals surface area (Å²) in [5.74, 6) is 1.68. The maximum absolute atomic E-state index is 13.7. The Hall–Kier alpha value is -2.84. The van der Waals surface area contributed by atoms with Gasteiger partial charge < -0.3 is 14.0 Å². The van der Waals surface area contributed by atoms with Crippen LogP contribution in [0.15, 0.2) is 41.6 Å². The Morgan fingerprint density at radius 3 is 1.94 bits per heavy atom. The molecule has 0 saturated heterocycles. The Bertz CT molecular complexity index is 1170. The van der Waals surface area contributed by atoms with Gasteiger partial charge in [0.25, 0.3) is 0 Å². The highest BCUT2D eigenvalue weighted by Gasteiger charge is 2.29. The van der Waals surface area contributed by atoms with Crippen LogP contribution >= 0.6 is 0 Å². The molecule has 0 aliphatic carbocycles. The first-order valence-electron chi connectivity index (χ1n) is 9.89. The van der Waals surface area contributed by atoms with Crippen LogP contribution in [-0.2, 0) is 17.1 Å². The lowest BCUT2D eigenvalue weighted by atomic mass is 10.0. The molecule has 31 heavy (non-hydrogen) atoms. The van der Waals surface area contributed by atoms with Gasteiger partial charge in [0.05, 0.1) is 19.1 Å². The molecular formula is C23H29N3O4S. The average molecular weight is 444 g/mol. The minimum atomic E-state index is -3.88. The SMILES string of the molecule is COc1cc(OC)cc([C@H](NS(=O)(=O)c2c(C)c(C)cc(C)c2C)c2nccn2C)c1. The van der Waals surface area contributed by atoms with Crippen LogP contribution < -0.4 is 14.2 Å². The van der Waals surface area contributed by atoms with Crippen LogP contribution in [0.25, 0.3) is 0 Å². The van der Waals surface area contributed by atoms with Crippen molar-refractivity contribution >= 4 is 10.0 Å². The molecule has 1 aromatic heterocycles. The summed E-state index contributed by atoms with van der Waals surface area (Å²) in [7, 11) is 1.06. The lowest BCUT2D eigenvalue weighted by molar-refractivity contribution is 0.392. The molecular weight excluding hydrogens is 414 g/mol. The molecule has 3 rings (SSSR count). The lowest BCUT2D eigenvalue weighted by Gasteiger charge is -2.23. The standard InChI is InChI=1S/C23H29N3O4S/c1-14-10-15(2)17(4)22(16(14)3)31(27,28)25-21(23-24-8-9-26(23)5)18-11-19(29-6)13-20(12-18)30-7/h8-13,21,25H,1-7H3/t21-/m0/s1. The van der Waals surface area contributed by atoms with Gasteiger partial charge in [-0.2, -0.15) is 4.72 Å². The molecule has 0 amide bonds. The molecule has 0 radical (unpaired) electrons. The monoisotopic (exact) mass is 443 g/mol. The summed E-state index contributed by atoms with van der Waals surface area (Å²) in [4.78, 5) is 4.72. The maximum Gasteiger partial charge on any atom is 0.242 e. The van der Waals surface area contributed by atoms with Gasteiger partial charge in [0.2, 0.25) is 10.0 Å².